The van der Waals surface area contributed by atoms with Crippen LogP contribution in [0.3, 0.4) is 0 Å². The third-order valence-corrected chi connectivity index (χ3v) is 9.80. The highest BCUT2D eigenvalue weighted by Crippen LogP contribution is 2.53. The Morgan fingerprint density at radius 2 is 1.48 bits per heavy atom. The minimum absolute atomic E-state index is 0.132. The van der Waals surface area contributed by atoms with Crippen molar-refractivity contribution in [3.8, 4) is 5.75 Å². The molecule has 2 heterocycles. The predicted octanol–water partition coefficient (Wildman–Crippen LogP) is 7.59. The summed E-state index contributed by atoms with van der Waals surface area (Å²) in [5, 5.41) is 0.848. The van der Waals surface area contributed by atoms with Gasteiger partial charge in [-0.05, 0) is 48.7 Å². The van der Waals surface area contributed by atoms with E-state index in [4.69, 9.17) is 13.8 Å². The van der Waals surface area contributed by atoms with Crippen LogP contribution in [0.15, 0.2) is 103 Å². The van der Waals surface area contributed by atoms with Gasteiger partial charge in [-0.1, -0.05) is 78.9 Å². The van der Waals surface area contributed by atoms with E-state index in [-0.39, 0.29) is 43.6 Å². The molecule has 44 heavy (non-hydrogen) atoms. The van der Waals surface area contributed by atoms with Crippen LogP contribution in [0, 0.1) is 5.82 Å². The molecule has 5 aromatic rings. The number of pyridine rings is 1. The number of carbonyl (C=O) groups is 1. The van der Waals surface area contributed by atoms with Crippen molar-refractivity contribution in [2.45, 2.75) is 33.0 Å². The number of fused-ring (bicyclic) bond motifs is 2. The maximum absolute atomic E-state index is 14.5. The summed E-state index contributed by atoms with van der Waals surface area (Å²) in [5.41, 5.74) is 3.70. The second kappa shape index (κ2) is 12.7. The summed E-state index contributed by atoms with van der Waals surface area (Å²) < 4.78 is 46.7. The van der Waals surface area contributed by atoms with Crippen LogP contribution in [-0.2, 0) is 26.7 Å². The van der Waals surface area contributed by atoms with Crippen molar-refractivity contribution in [3.63, 3.8) is 0 Å². The molecule has 0 unspecified atom stereocenters. The molecule has 4 aromatic carbocycles. The molecule has 1 amide bonds. The zero-order valence-corrected chi connectivity index (χ0v) is 25.4. The van der Waals surface area contributed by atoms with E-state index in [1.807, 2.05) is 66.7 Å². The van der Waals surface area contributed by atoms with Gasteiger partial charge in [0.15, 0.2) is 5.75 Å². The summed E-state index contributed by atoms with van der Waals surface area (Å²) in [6.45, 7) is 4.13. The van der Waals surface area contributed by atoms with Crippen molar-refractivity contribution in [2.24, 2.45) is 0 Å². The normalized spacial score (nSPS) is 13.1. The van der Waals surface area contributed by atoms with Gasteiger partial charge in [0.1, 0.15) is 17.4 Å². The number of amides is 1. The first-order valence-electron chi connectivity index (χ1n) is 14.6. The molecule has 0 radical (unpaired) electrons. The topological polar surface area (TPSA) is 78.0 Å². The minimum atomic E-state index is -3.89. The number of aromatic nitrogens is 1. The third-order valence-electron chi connectivity index (χ3n) is 7.54. The van der Waals surface area contributed by atoms with E-state index in [2.05, 4.69) is 4.98 Å². The lowest BCUT2D eigenvalue weighted by molar-refractivity contribution is 0.0762. The second-order valence-electron chi connectivity index (χ2n) is 10.4. The Morgan fingerprint density at radius 1 is 0.864 bits per heavy atom. The van der Waals surface area contributed by atoms with Gasteiger partial charge < -0.3 is 18.7 Å². The number of nitrogens with zero attached hydrogens (tertiary/aromatic N) is 2. The van der Waals surface area contributed by atoms with Gasteiger partial charge >= 0.3 is 7.60 Å². The van der Waals surface area contributed by atoms with E-state index >= 15 is 0 Å². The zero-order chi connectivity index (χ0) is 30.7. The van der Waals surface area contributed by atoms with Gasteiger partial charge in [-0.15, -0.1) is 0 Å². The number of carbonyl (C=O) groups excluding carboxylic acids is 1. The van der Waals surface area contributed by atoms with Crippen LogP contribution in [0.2, 0.25) is 0 Å². The van der Waals surface area contributed by atoms with Gasteiger partial charge in [-0.25, -0.2) is 4.39 Å². The highest BCUT2D eigenvalue weighted by atomic mass is 31.2. The summed E-state index contributed by atoms with van der Waals surface area (Å²) in [4.78, 5) is 20.7. The number of benzene rings is 4. The maximum atomic E-state index is 14.5. The Balaban J connectivity index is 1.58. The average molecular weight is 611 g/mol. The standard InChI is InChI=1S/C35H32FN2O5P/c1-3-41-44(40,42-4-2)34-28-16-11-21-37-31(28)33(43-32(25-12-7-5-8-13-25)26-14-9-6-10-15-26)30-29(34)23-38(35(30)39)22-24-17-19-27(36)20-18-24/h5-21,32H,3-4,22-23H2,1-2H3. The number of hydrogen-bond acceptors (Lipinski definition) is 6. The minimum Gasteiger partial charge on any atom is -0.478 e. The van der Waals surface area contributed by atoms with Crippen LogP contribution in [0.25, 0.3) is 10.9 Å². The molecule has 7 nitrogen and oxygen atoms in total. The fourth-order valence-corrected chi connectivity index (χ4v) is 7.69. The fourth-order valence-electron chi connectivity index (χ4n) is 5.69. The smallest absolute Gasteiger partial charge is 0.362 e. The second-order valence-corrected chi connectivity index (χ2v) is 12.3. The highest BCUT2D eigenvalue weighted by Gasteiger charge is 2.43. The van der Waals surface area contributed by atoms with Crippen molar-refractivity contribution in [1.82, 2.24) is 9.88 Å². The summed E-state index contributed by atoms with van der Waals surface area (Å²) in [5.74, 6) is -0.377. The summed E-state index contributed by atoms with van der Waals surface area (Å²) in [7, 11) is -3.89. The summed E-state index contributed by atoms with van der Waals surface area (Å²) in [6.07, 6.45) is 1.05. The number of halogens is 1. The molecule has 0 atom stereocenters. The number of hydrogen-bond donors (Lipinski definition) is 0. The van der Waals surface area contributed by atoms with Gasteiger partial charge in [0, 0.05) is 30.2 Å². The lowest BCUT2D eigenvalue weighted by atomic mass is 10.00. The van der Waals surface area contributed by atoms with Crippen LogP contribution in [0.5, 0.6) is 5.75 Å². The third kappa shape index (κ3) is 5.64. The predicted molar refractivity (Wildman–Crippen MR) is 168 cm³/mol. The first-order chi connectivity index (χ1) is 21.4. The Labute approximate surface area is 255 Å². The molecule has 0 saturated heterocycles. The molecular weight excluding hydrogens is 578 g/mol. The molecular formula is C35H32FN2O5P. The Bertz CT molecular complexity index is 1780. The van der Waals surface area contributed by atoms with Gasteiger partial charge in [-0.3, -0.25) is 14.3 Å². The number of ether oxygens (including phenoxy) is 1. The van der Waals surface area contributed by atoms with E-state index in [1.165, 1.54) is 12.1 Å². The molecule has 6 rings (SSSR count). The molecule has 1 aliphatic rings. The Morgan fingerprint density at radius 3 is 2.07 bits per heavy atom. The van der Waals surface area contributed by atoms with Crippen LogP contribution in [0.4, 0.5) is 4.39 Å². The molecule has 0 bridgehead atoms. The van der Waals surface area contributed by atoms with E-state index in [9.17, 15) is 13.8 Å². The van der Waals surface area contributed by atoms with Crippen molar-refractivity contribution in [2.75, 3.05) is 13.2 Å². The maximum Gasteiger partial charge on any atom is 0.362 e. The van der Waals surface area contributed by atoms with E-state index in [0.717, 1.165) is 16.7 Å². The van der Waals surface area contributed by atoms with Gasteiger partial charge in [0.25, 0.3) is 5.91 Å². The SMILES string of the molecule is CCOP(=O)(OCC)c1c2c(c(OC(c3ccccc3)c3ccccc3)c3ncccc13)C(=O)N(Cc1ccc(F)cc1)C2. The largest absolute Gasteiger partial charge is 0.478 e. The summed E-state index contributed by atoms with van der Waals surface area (Å²) >= 11 is 0. The zero-order valence-electron chi connectivity index (χ0n) is 24.5. The van der Waals surface area contributed by atoms with E-state index in [0.29, 0.717) is 27.5 Å². The molecule has 0 N–H and O–H groups in total. The van der Waals surface area contributed by atoms with Crippen molar-refractivity contribution in [1.29, 1.82) is 0 Å². The molecule has 1 aromatic heterocycles. The van der Waals surface area contributed by atoms with E-state index in [1.54, 1.807) is 43.1 Å². The van der Waals surface area contributed by atoms with Gasteiger partial charge in [0.05, 0.1) is 24.1 Å². The highest BCUT2D eigenvalue weighted by molar-refractivity contribution is 7.63. The Hall–Kier alpha value is -4.36. The Kier molecular flexibility index (Phi) is 8.58. The van der Waals surface area contributed by atoms with Gasteiger partial charge in [-0.2, -0.15) is 0 Å². The molecule has 0 aliphatic carbocycles. The lowest BCUT2D eigenvalue weighted by Gasteiger charge is -2.25. The van der Waals surface area contributed by atoms with Crippen LogP contribution in [-0.4, -0.2) is 29.0 Å². The molecule has 0 saturated carbocycles. The fraction of sp³-hybridized carbons (Fsp3) is 0.200. The number of rotatable bonds is 11. The molecule has 0 spiro atoms. The monoisotopic (exact) mass is 610 g/mol. The molecule has 1 aliphatic heterocycles. The van der Waals surface area contributed by atoms with Crippen molar-refractivity contribution in [3.05, 3.63) is 137 Å². The molecule has 9 heteroatoms. The van der Waals surface area contributed by atoms with Crippen LogP contribution < -0.4 is 10.0 Å². The first kappa shape index (κ1) is 29.7. The van der Waals surface area contributed by atoms with E-state index < -0.39 is 13.7 Å². The van der Waals surface area contributed by atoms with Crippen molar-refractivity contribution < 1.29 is 27.5 Å². The van der Waals surface area contributed by atoms with Gasteiger partial charge in [0.2, 0.25) is 0 Å². The first-order valence-corrected chi connectivity index (χ1v) is 16.1. The average Bonchev–Trinajstić information content (AvgIpc) is 3.36. The quantitative estimate of drug-likeness (QED) is 0.144. The lowest BCUT2D eigenvalue weighted by Crippen LogP contribution is -2.24. The molecule has 0 fully saturated rings. The van der Waals surface area contributed by atoms with Crippen molar-refractivity contribution >= 4 is 29.7 Å². The summed E-state index contributed by atoms with van der Waals surface area (Å²) in [6, 6.07) is 29.1. The van der Waals surface area contributed by atoms with Crippen LogP contribution in [0.1, 0.15) is 52.6 Å². The molecule has 224 valence electrons. The van der Waals surface area contributed by atoms with Crippen LogP contribution >= 0.6 is 7.60 Å².